The van der Waals surface area contributed by atoms with E-state index in [4.69, 9.17) is 15.0 Å². The molecule has 29 heavy (non-hydrogen) atoms. The number of carbonyl (C=O) groups excluding carboxylic acids is 1. The Morgan fingerprint density at radius 3 is 2.62 bits per heavy atom. The van der Waals surface area contributed by atoms with Gasteiger partial charge in [0, 0.05) is 37.8 Å². The van der Waals surface area contributed by atoms with Gasteiger partial charge in [-0.3, -0.25) is 10.1 Å². The van der Waals surface area contributed by atoms with E-state index in [1.54, 1.807) is 31.4 Å². The summed E-state index contributed by atoms with van der Waals surface area (Å²) in [7, 11) is 1.61. The number of aliphatic imine (C=N–C) groups is 1. The number of guanidine groups is 1. The molecule has 1 fully saturated rings. The number of carbonyl (C=O) groups is 1. The summed E-state index contributed by atoms with van der Waals surface area (Å²) in [5.74, 6) is 0.914. The number of benzene rings is 2. The zero-order valence-corrected chi connectivity index (χ0v) is 16.8. The molecule has 0 bridgehead atoms. The Bertz CT molecular complexity index is 927. The summed E-state index contributed by atoms with van der Waals surface area (Å²) in [4.78, 5) is 22.0. The summed E-state index contributed by atoms with van der Waals surface area (Å²) in [6.07, 6.45) is 0. The summed E-state index contributed by atoms with van der Waals surface area (Å²) < 4.78 is 5.28. The Balaban J connectivity index is 1.86. The Hall–Kier alpha value is -3.37. The lowest BCUT2D eigenvalue weighted by Crippen LogP contribution is -2.53. The van der Waals surface area contributed by atoms with E-state index < -0.39 is 0 Å². The second kappa shape index (κ2) is 9.71. The van der Waals surface area contributed by atoms with Gasteiger partial charge in [0.2, 0.25) is 5.96 Å². The number of nitrogens with zero attached hydrogens (tertiary/aromatic N) is 4. The molecule has 1 amide bonds. The first kappa shape index (κ1) is 20.4. The molecule has 0 atom stereocenters. The highest BCUT2D eigenvalue weighted by molar-refractivity contribution is 6.06. The van der Waals surface area contributed by atoms with Gasteiger partial charge in [0.1, 0.15) is 5.75 Å². The molecule has 7 heteroatoms. The van der Waals surface area contributed by atoms with Crippen LogP contribution in [0.15, 0.2) is 53.5 Å². The van der Waals surface area contributed by atoms with Gasteiger partial charge in [-0.1, -0.05) is 19.1 Å². The lowest BCUT2D eigenvalue weighted by atomic mass is 10.1. The largest absolute Gasteiger partial charge is 0.497 e. The van der Waals surface area contributed by atoms with E-state index in [0.717, 1.165) is 32.7 Å². The van der Waals surface area contributed by atoms with Gasteiger partial charge in [-0.25, -0.2) is 4.99 Å². The number of ether oxygens (including phenoxy) is 1. The van der Waals surface area contributed by atoms with Crippen molar-refractivity contribution in [2.24, 2.45) is 4.99 Å². The van der Waals surface area contributed by atoms with Gasteiger partial charge in [-0.05, 0) is 36.9 Å². The molecule has 2 aromatic carbocycles. The molecule has 1 saturated heterocycles. The lowest BCUT2D eigenvalue weighted by molar-refractivity contribution is 0.0968. The third-order valence-corrected chi connectivity index (χ3v) is 4.89. The van der Waals surface area contributed by atoms with Gasteiger partial charge in [0.05, 0.1) is 24.4 Å². The predicted octanol–water partition coefficient (Wildman–Crippen LogP) is 2.62. The molecule has 1 aliphatic rings. The normalized spacial score (nSPS) is 14.9. The van der Waals surface area contributed by atoms with Gasteiger partial charge in [-0.15, -0.1) is 0 Å². The van der Waals surface area contributed by atoms with Crippen molar-refractivity contribution in [2.75, 3.05) is 39.8 Å². The van der Waals surface area contributed by atoms with Crippen LogP contribution in [-0.4, -0.2) is 61.5 Å². The molecular formula is C22H25N5O2. The summed E-state index contributed by atoms with van der Waals surface area (Å²) in [6, 6.07) is 16.1. The van der Waals surface area contributed by atoms with Crippen LogP contribution in [0.3, 0.4) is 0 Å². The molecule has 1 N–H and O–H groups in total. The van der Waals surface area contributed by atoms with Gasteiger partial charge in [-0.2, -0.15) is 5.26 Å². The molecule has 150 valence electrons. The molecule has 0 saturated carbocycles. The van der Waals surface area contributed by atoms with Crippen LogP contribution in [0, 0.1) is 11.3 Å². The van der Waals surface area contributed by atoms with Crippen molar-refractivity contribution >= 4 is 17.6 Å². The number of amides is 1. The number of hydrogen-bond acceptors (Lipinski definition) is 5. The fourth-order valence-corrected chi connectivity index (χ4v) is 3.16. The third-order valence-electron chi connectivity index (χ3n) is 4.89. The maximum atomic E-state index is 12.8. The van der Waals surface area contributed by atoms with Crippen molar-refractivity contribution in [1.29, 1.82) is 5.26 Å². The molecule has 0 unspecified atom stereocenters. The number of methoxy groups -OCH3 is 1. The predicted molar refractivity (Wildman–Crippen MR) is 112 cm³/mol. The number of piperazine rings is 1. The second-order valence-corrected chi connectivity index (χ2v) is 6.70. The number of nitrogens with one attached hydrogen (secondary N) is 1. The Kier molecular flexibility index (Phi) is 6.82. The first-order valence-electron chi connectivity index (χ1n) is 9.64. The Morgan fingerprint density at radius 1 is 1.17 bits per heavy atom. The first-order valence-corrected chi connectivity index (χ1v) is 9.64. The fraction of sp³-hybridized carbons (Fsp3) is 0.318. The number of nitriles is 1. The van der Waals surface area contributed by atoms with Crippen molar-refractivity contribution in [2.45, 2.75) is 6.92 Å². The van der Waals surface area contributed by atoms with E-state index in [0.29, 0.717) is 28.5 Å². The minimum atomic E-state index is -0.290. The average Bonchev–Trinajstić information content (AvgIpc) is 2.78. The molecule has 1 heterocycles. The molecule has 0 spiro atoms. The molecule has 1 aliphatic heterocycles. The zero-order valence-electron chi connectivity index (χ0n) is 16.8. The molecule has 0 aromatic heterocycles. The van der Waals surface area contributed by atoms with Crippen LogP contribution < -0.4 is 10.1 Å². The number of likely N-dealkylation sites (N-methyl/N-ethyl adjacent to an activating group) is 1. The summed E-state index contributed by atoms with van der Waals surface area (Å²) >= 11 is 0. The number of rotatable bonds is 4. The SMILES string of the molecule is CCN1CCN(C(=Nc2cccc(OC)c2)NC(=O)c2cccc(C#N)c2)CC1. The van der Waals surface area contributed by atoms with Crippen LogP contribution in [0.25, 0.3) is 0 Å². The number of hydrogen-bond donors (Lipinski definition) is 1. The molecule has 3 rings (SSSR count). The monoisotopic (exact) mass is 391 g/mol. The molecule has 2 aromatic rings. The van der Waals surface area contributed by atoms with Crippen molar-refractivity contribution in [3.8, 4) is 11.8 Å². The summed E-state index contributed by atoms with van der Waals surface area (Å²) in [5.41, 5.74) is 1.57. The standard InChI is InChI=1S/C22H25N5O2/c1-3-26-10-12-27(13-11-26)22(24-19-8-5-9-20(15-19)29-2)25-21(28)18-7-4-6-17(14-18)16-23/h4-9,14-15H,3,10-13H2,1-2H3,(H,24,25,28). The highest BCUT2D eigenvalue weighted by Gasteiger charge is 2.21. The van der Waals surface area contributed by atoms with E-state index >= 15 is 0 Å². The van der Waals surface area contributed by atoms with Crippen LogP contribution in [0.4, 0.5) is 5.69 Å². The van der Waals surface area contributed by atoms with Crippen LogP contribution in [0.5, 0.6) is 5.75 Å². The van der Waals surface area contributed by atoms with Gasteiger partial charge >= 0.3 is 0 Å². The minimum Gasteiger partial charge on any atom is -0.497 e. The van der Waals surface area contributed by atoms with E-state index in [9.17, 15) is 4.79 Å². The average molecular weight is 391 g/mol. The third kappa shape index (κ3) is 5.33. The van der Waals surface area contributed by atoms with E-state index in [-0.39, 0.29) is 5.91 Å². The molecule has 0 radical (unpaired) electrons. The first-order chi connectivity index (χ1) is 14.1. The van der Waals surface area contributed by atoms with Crippen molar-refractivity contribution in [1.82, 2.24) is 15.1 Å². The lowest BCUT2D eigenvalue weighted by Gasteiger charge is -2.35. The Labute approximate surface area is 171 Å². The highest BCUT2D eigenvalue weighted by atomic mass is 16.5. The van der Waals surface area contributed by atoms with Crippen LogP contribution in [0.2, 0.25) is 0 Å². The van der Waals surface area contributed by atoms with Crippen LogP contribution in [0.1, 0.15) is 22.8 Å². The highest BCUT2D eigenvalue weighted by Crippen LogP contribution is 2.20. The topological polar surface area (TPSA) is 81.0 Å². The maximum absolute atomic E-state index is 12.8. The van der Waals surface area contributed by atoms with Gasteiger partial charge in [0.15, 0.2) is 0 Å². The van der Waals surface area contributed by atoms with Gasteiger partial charge in [0.25, 0.3) is 5.91 Å². The Morgan fingerprint density at radius 2 is 1.93 bits per heavy atom. The van der Waals surface area contributed by atoms with Crippen molar-refractivity contribution < 1.29 is 9.53 Å². The van der Waals surface area contributed by atoms with Crippen LogP contribution in [-0.2, 0) is 0 Å². The van der Waals surface area contributed by atoms with Gasteiger partial charge < -0.3 is 14.5 Å². The second-order valence-electron chi connectivity index (χ2n) is 6.70. The quantitative estimate of drug-likeness (QED) is 0.640. The van der Waals surface area contributed by atoms with Crippen LogP contribution >= 0.6 is 0 Å². The maximum Gasteiger partial charge on any atom is 0.258 e. The molecular weight excluding hydrogens is 366 g/mol. The fourth-order valence-electron chi connectivity index (χ4n) is 3.16. The van der Waals surface area contributed by atoms with E-state index in [1.807, 2.05) is 24.3 Å². The van der Waals surface area contributed by atoms with Crippen molar-refractivity contribution in [3.05, 3.63) is 59.7 Å². The summed E-state index contributed by atoms with van der Waals surface area (Å²) in [6.45, 7) is 6.51. The smallest absolute Gasteiger partial charge is 0.258 e. The van der Waals surface area contributed by atoms with E-state index in [2.05, 4.69) is 28.1 Å². The zero-order chi connectivity index (χ0) is 20.6. The molecule has 7 nitrogen and oxygen atoms in total. The summed E-state index contributed by atoms with van der Waals surface area (Å²) in [5, 5.41) is 12.0. The molecule has 0 aliphatic carbocycles. The van der Waals surface area contributed by atoms with E-state index in [1.165, 1.54) is 0 Å². The minimum absolute atomic E-state index is 0.290. The van der Waals surface area contributed by atoms with Crippen molar-refractivity contribution in [3.63, 3.8) is 0 Å².